The van der Waals surface area contributed by atoms with E-state index in [2.05, 4.69) is 72.4 Å². The van der Waals surface area contributed by atoms with Gasteiger partial charge in [-0.3, -0.25) is 0 Å². The maximum absolute atomic E-state index is 13.1. The molecule has 2 aromatic carbocycles. The number of amides is 2. The SMILES string of the molecule is CCCCCN(Cc1cccn1Cc1ccccc1)C(=O)Nc1ccc(C)cc1C. The van der Waals surface area contributed by atoms with E-state index in [-0.39, 0.29) is 6.03 Å². The zero-order valence-corrected chi connectivity index (χ0v) is 18.4. The average Bonchev–Trinajstić information content (AvgIpc) is 3.16. The number of rotatable bonds is 9. The van der Waals surface area contributed by atoms with Crippen molar-refractivity contribution in [2.24, 2.45) is 0 Å². The Morgan fingerprint density at radius 2 is 1.80 bits per heavy atom. The van der Waals surface area contributed by atoms with E-state index in [1.165, 1.54) is 11.1 Å². The number of aryl methyl sites for hydroxylation is 2. The molecule has 0 radical (unpaired) electrons. The Morgan fingerprint density at radius 1 is 1.00 bits per heavy atom. The molecule has 0 saturated heterocycles. The van der Waals surface area contributed by atoms with Crippen LogP contribution < -0.4 is 5.32 Å². The van der Waals surface area contributed by atoms with Crippen LogP contribution in [0.4, 0.5) is 10.5 Å². The van der Waals surface area contributed by atoms with Crippen molar-refractivity contribution in [2.45, 2.75) is 53.1 Å². The Morgan fingerprint density at radius 3 is 2.53 bits per heavy atom. The summed E-state index contributed by atoms with van der Waals surface area (Å²) in [6.45, 7) is 8.45. The molecule has 0 aliphatic heterocycles. The van der Waals surface area contributed by atoms with Crippen LogP contribution in [0.15, 0.2) is 66.9 Å². The maximum Gasteiger partial charge on any atom is 0.322 e. The van der Waals surface area contributed by atoms with Crippen LogP contribution in [0.3, 0.4) is 0 Å². The number of carbonyl (C=O) groups excluding carboxylic acids is 1. The molecular formula is C26H33N3O. The smallest absolute Gasteiger partial charge is 0.322 e. The first-order chi connectivity index (χ1) is 14.6. The third-order valence-electron chi connectivity index (χ3n) is 5.41. The molecule has 0 saturated carbocycles. The molecule has 0 aliphatic rings. The van der Waals surface area contributed by atoms with Crippen LogP contribution >= 0.6 is 0 Å². The van der Waals surface area contributed by atoms with Crippen LogP contribution in [0, 0.1) is 13.8 Å². The second kappa shape index (κ2) is 10.7. The lowest BCUT2D eigenvalue weighted by Crippen LogP contribution is -2.36. The van der Waals surface area contributed by atoms with E-state index in [4.69, 9.17) is 0 Å². The molecule has 1 heterocycles. The van der Waals surface area contributed by atoms with Gasteiger partial charge in [-0.1, -0.05) is 67.8 Å². The molecule has 0 unspecified atom stereocenters. The monoisotopic (exact) mass is 403 g/mol. The minimum atomic E-state index is -0.0366. The summed E-state index contributed by atoms with van der Waals surface area (Å²) in [6, 6.07) is 20.7. The summed E-state index contributed by atoms with van der Waals surface area (Å²) in [6.07, 6.45) is 5.36. The molecule has 0 aliphatic carbocycles. The first-order valence-electron chi connectivity index (χ1n) is 10.9. The highest BCUT2D eigenvalue weighted by Crippen LogP contribution is 2.18. The third kappa shape index (κ3) is 5.99. The fourth-order valence-corrected chi connectivity index (χ4v) is 3.68. The Balaban J connectivity index is 1.74. The summed E-state index contributed by atoms with van der Waals surface area (Å²) in [4.78, 5) is 15.1. The van der Waals surface area contributed by atoms with Crippen LogP contribution in [0.5, 0.6) is 0 Å². The molecule has 0 bridgehead atoms. The van der Waals surface area contributed by atoms with Gasteiger partial charge in [0.05, 0.1) is 6.54 Å². The van der Waals surface area contributed by atoms with Crippen LogP contribution in [-0.4, -0.2) is 22.0 Å². The Labute approximate surface area is 180 Å². The van der Waals surface area contributed by atoms with Crippen molar-refractivity contribution in [3.05, 3.63) is 89.2 Å². The number of aromatic nitrogens is 1. The van der Waals surface area contributed by atoms with E-state index in [1.54, 1.807) is 0 Å². The summed E-state index contributed by atoms with van der Waals surface area (Å²) in [5.41, 5.74) is 5.57. The molecule has 4 heteroatoms. The normalized spacial score (nSPS) is 10.8. The molecule has 0 spiro atoms. The fourth-order valence-electron chi connectivity index (χ4n) is 3.68. The number of hydrogen-bond acceptors (Lipinski definition) is 1. The predicted octanol–water partition coefficient (Wildman–Crippen LogP) is 6.38. The summed E-state index contributed by atoms with van der Waals surface area (Å²) in [5, 5.41) is 3.12. The van der Waals surface area contributed by atoms with E-state index in [0.717, 1.165) is 49.3 Å². The number of urea groups is 1. The van der Waals surface area contributed by atoms with E-state index in [1.807, 2.05) is 30.0 Å². The second-order valence-corrected chi connectivity index (χ2v) is 7.99. The first kappa shape index (κ1) is 21.7. The highest BCUT2D eigenvalue weighted by molar-refractivity contribution is 5.90. The van der Waals surface area contributed by atoms with Gasteiger partial charge < -0.3 is 14.8 Å². The highest BCUT2D eigenvalue weighted by atomic mass is 16.2. The molecule has 1 N–H and O–H groups in total. The van der Waals surface area contributed by atoms with Gasteiger partial charge in [0.2, 0.25) is 0 Å². The first-order valence-corrected chi connectivity index (χ1v) is 10.9. The molecule has 0 atom stereocenters. The number of carbonyl (C=O) groups is 1. The Hall–Kier alpha value is -3.01. The standard InChI is InChI=1S/C26H33N3O/c1-4-5-9-16-29(26(30)27-25-15-14-21(2)18-22(25)3)20-24-13-10-17-28(24)19-23-11-7-6-8-12-23/h6-8,10-15,17-18H,4-5,9,16,19-20H2,1-3H3,(H,27,30). The van der Waals surface area contributed by atoms with Gasteiger partial charge in [-0.05, 0) is 49.6 Å². The summed E-state index contributed by atoms with van der Waals surface area (Å²) in [7, 11) is 0. The summed E-state index contributed by atoms with van der Waals surface area (Å²) >= 11 is 0. The van der Waals surface area contributed by atoms with Gasteiger partial charge in [-0.25, -0.2) is 4.79 Å². The lowest BCUT2D eigenvalue weighted by Gasteiger charge is -2.24. The minimum absolute atomic E-state index is 0.0366. The number of anilines is 1. The Kier molecular flexibility index (Phi) is 7.72. The van der Waals surface area contributed by atoms with Crippen LogP contribution in [0.1, 0.15) is 48.6 Å². The van der Waals surface area contributed by atoms with Crippen molar-refractivity contribution in [1.82, 2.24) is 9.47 Å². The summed E-state index contributed by atoms with van der Waals surface area (Å²) in [5.74, 6) is 0. The topological polar surface area (TPSA) is 37.3 Å². The summed E-state index contributed by atoms with van der Waals surface area (Å²) < 4.78 is 2.23. The van der Waals surface area contributed by atoms with Crippen molar-refractivity contribution in [3.8, 4) is 0 Å². The van der Waals surface area contributed by atoms with Gasteiger partial charge in [0.15, 0.2) is 0 Å². The molecule has 2 amide bonds. The molecule has 1 aromatic heterocycles. The van der Waals surface area contributed by atoms with Gasteiger partial charge in [-0.15, -0.1) is 0 Å². The highest BCUT2D eigenvalue weighted by Gasteiger charge is 2.16. The van der Waals surface area contributed by atoms with Crippen molar-refractivity contribution >= 4 is 11.7 Å². The lowest BCUT2D eigenvalue weighted by atomic mass is 10.1. The van der Waals surface area contributed by atoms with Crippen molar-refractivity contribution in [3.63, 3.8) is 0 Å². The second-order valence-electron chi connectivity index (χ2n) is 7.99. The largest absolute Gasteiger partial charge is 0.345 e. The van der Waals surface area contributed by atoms with Gasteiger partial charge in [0.25, 0.3) is 0 Å². The molecule has 4 nitrogen and oxygen atoms in total. The van der Waals surface area contributed by atoms with Crippen LogP contribution in [0.25, 0.3) is 0 Å². The maximum atomic E-state index is 13.1. The van der Waals surface area contributed by atoms with Crippen molar-refractivity contribution in [2.75, 3.05) is 11.9 Å². The number of nitrogens with one attached hydrogen (secondary N) is 1. The predicted molar refractivity (Wildman–Crippen MR) is 125 cm³/mol. The van der Waals surface area contributed by atoms with Crippen molar-refractivity contribution in [1.29, 1.82) is 0 Å². The molecule has 3 rings (SSSR count). The van der Waals surface area contributed by atoms with Gasteiger partial charge >= 0.3 is 6.03 Å². The lowest BCUT2D eigenvalue weighted by molar-refractivity contribution is 0.206. The third-order valence-corrected chi connectivity index (χ3v) is 5.41. The number of hydrogen-bond donors (Lipinski definition) is 1. The van der Waals surface area contributed by atoms with Gasteiger partial charge in [0, 0.05) is 30.7 Å². The molecule has 30 heavy (non-hydrogen) atoms. The number of unbranched alkanes of at least 4 members (excludes halogenated alkanes) is 2. The zero-order valence-electron chi connectivity index (χ0n) is 18.4. The number of benzene rings is 2. The molecule has 3 aromatic rings. The van der Waals surface area contributed by atoms with E-state index >= 15 is 0 Å². The Bertz CT molecular complexity index is 946. The molecule has 158 valence electrons. The van der Waals surface area contributed by atoms with E-state index < -0.39 is 0 Å². The van der Waals surface area contributed by atoms with E-state index in [9.17, 15) is 4.79 Å². The van der Waals surface area contributed by atoms with Crippen molar-refractivity contribution < 1.29 is 4.79 Å². The molecule has 0 fully saturated rings. The molecular weight excluding hydrogens is 370 g/mol. The van der Waals surface area contributed by atoms with E-state index in [0.29, 0.717) is 6.54 Å². The average molecular weight is 404 g/mol. The van der Waals surface area contributed by atoms with Crippen LogP contribution in [0.2, 0.25) is 0 Å². The number of nitrogens with zero attached hydrogens (tertiary/aromatic N) is 2. The van der Waals surface area contributed by atoms with Gasteiger partial charge in [-0.2, -0.15) is 0 Å². The van der Waals surface area contributed by atoms with Crippen LogP contribution in [-0.2, 0) is 13.1 Å². The zero-order chi connectivity index (χ0) is 21.3. The minimum Gasteiger partial charge on any atom is -0.345 e. The van der Waals surface area contributed by atoms with Gasteiger partial charge in [0.1, 0.15) is 0 Å². The fraction of sp³-hybridized carbons (Fsp3) is 0.346. The quantitative estimate of drug-likeness (QED) is 0.414.